The molecule has 24 heavy (non-hydrogen) atoms. The number of halogens is 1. The van der Waals surface area contributed by atoms with Gasteiger partial charge in [0, 0.05) is 18.0 Å². The van der Waals surface area contributed by atoms with E-state index in [0.29, 0.717) is 17.3 Å². The highest BCUT2D eigenvalue weighted by Crippen LogP contribution is 2.37. The fraction of sp³-hybridized carbons (Fsp3) is 0.444. The van der Waals surface area contributed by atoms with E-state index < -0.39 is 5.82 Å². The van der Waals surface area contributed by atoms with Gasteiger partial charge in [-0.25, -0.2) is 9.37 Å². The molecule has 4 nitrogen and oxygen atoms in total. The van der Waals surface area contributed by atoms with E-state index in [1.807, 2.05) is 6.92 Å². The molecule has 6 heteroatoms. The second-order valence-electron chi connectivity index (χ2n) is 6.21. The lowest BCUT2D eigenvalue weighted by molar-refractivity contribution is 0.0954. The predicted molar refractivity (Wildman–Crippen MR) is 91.6 cm³/mol. The molecule has 0 bridgehead atoms. The Labute approximate surface area is 144 Å². The lowest BCUT2D eigenvalue weighted by atomic mass is 10.1. The quantitative estimate of drug-likeness (QED) is 0.867. The van der Waals surface area contributed by atoms with Crippen LogP contribution in [0.3, 0.4) is 0 Å². The lowest BCUT2D eigenvalue weighted by Gasteiger charge is -2.07. The van der Waals surface area contributed by atoms with E-state index in [9.17, 15) is 9.18 Å². The number of benzene rings is 1. The first-order chi connectivity index (χ1) is 11.6. The van der Waals surface area contributed by atoms with E-state index in [4.69, 9.17) is 5.11 Å². The number of hydrogen-bond donors (Lipinski definition) is 2. The molecule has 1 aliphatic carbocycles. The molecule has 0 atom stereocenters. The molecule has 2 N–H and O–H groups in total. The van der Waals surface area contributed by atoms with Crippen molar-refractivity contribution in [3.05, 3.63) is 50.7 Å². The van der Waals surface area contributed by atoms with Gasteiger partial charge in [0.2, 0.25) is 0 Å². The molecule has 0 saturated heterocycles. The first-order valence-corrected chi connectivity index (χ1v) is 9.04. The van der Waals surface area contributed by atoms with Gasteiger partial charge in [0.25, 0.3) is 5.91 Å². The van der Waals surface area contributed by atoms with Gasteiger partial charge in [-0.3, -0.25) is 4.79 Å². The van der Waals surface area contributed by atoms with Crippen LogP contribution in [-0.4, -0.2) is 16.0 Å². The molecular formula is C18H21FN2O2S. The van der Waals surface area contributed by atoms with Crippen LogP contribution in [0.2, 0.25) is 0 Å². The van der Waals surface area contributed by atoms with Crippen LogP contribution < -0.4 is 5.32 Å². The van der Waals surface area contributed by atoms with Crippen LogP contribution in [0.1, 0.15) is 63.1 Å². The van der Waals surface area contributed by atoms with Crippen molar-refractivity contribution in [2.24, 2.45) is 0 Å². The van der Waals surface area contributed by atoms with Gasteiger partial charge in [-0.2, -0.15) is 0 Å². The van der Waals surface area contributed by atoms with Crippen LogP contribution in [0.5, 0.6) is 0 Å². The third kappa shape index (κ3) is 3.65. The van der Waals surface area contributed by atoms with Crippen molar-refractivity contribution in [3.8, 4) is 0 Å². The van der Waals surface area contributed by atoms with Crippen LogP contribution in [0.15, 0.2) is 18.2 Å². The second-order valence-corrected chi connectivity index (χ2v) is 7.25. The number of aromatic nitrogens is 1. The SMILES string of the molecule is Cc1nc(C2CCCC2)sc1C(=O)NCc1ccc(F)c(CO)c1. The maximum Gasteiger partial charge on any atom is 0.263 e. The molecule has 0 aliphatic heterocycles. The summed E-state index contributed by atoms with van der Waals surface area (Å²) in [4.78, 5) is 17.7. The fourth-order valence-corrected chi connectivity index (χ4v) is 4.25. The van der Waals surface area contributed by atoms with E-state index in [-0.39, 0.29) is 18.1 Å². The highest BCUT2D eigenvalue weighted by Gasteiger charge is 2.23. The Morgan fingerprint density at radius 1 is 1.42 bits per heavy atom. The number of carbonyl (C=O) groups excluding carboxylic acids is 1. The summed E-state index contributed by atoms with van der Waals surface area (Å²) in [5.41, 5.74) is 1.76. The summed E-state index contributed by atoms with van der Waals surface area (Å²) >= 11 is 1.49. The van der Waals surface area contributed by atoms with Crippen LogP contribution in [0, 0.1) is 12.7 Å². The van der Waals surface area contributed by atoms with E-state index >= 15 is 0 Å². The van der Waals surface area contributed by atoms with Gasteiger partial charge in [0.1, 0.15) is 10.7 Å². The van der Waals surface area contributed by atoms with Crippen molar-refractivity contribution in [1.82, 2.24) is 10.3 Å². The molecule has 1 aromatic heterocycles. The number of carbonyl (C=O) groups is 1. The Morgan fingerprint density at radius 2 is 2.17 bits per heavy atom. The van der Waals surface area contributed by atoms with Crippen LogP contribution in [0.4, 0.5) is 4.39 Å². The average molecular weight is 348 g/mol. The highest BCUT2D eigenvalue weighted by atomic mass is 32.1. The number of aliphatic hydroxyl groups excluding tert-OH is 1. The Hall–Kier alpha value is -1.79. The Balaban J connectivity index is 1.66. The zero-order valence-corrected chi connectivity index (χ0v) is 14.5. The zero-order valence-electron chi connectivity index (χ0n) is 13.6. The Morgan fingerprint density at radius 3 is 2.88 bits per heavy atom. The summed E-state index contributed by atoms with van der Waals surface area (Å²) < 4.78 is 13.4. The van der Waals surface area contributed by atoms with Crippen molar-refractivity contribution in [1.29, 1.82) is 0 Å². The van der Waals surface area contributed by atoms with Crippen molar-refractivity contribution >= 4 is 17.2 Å². The summed E-state index contributed by atoms with van der Waals surface area (Å²) in [7, 11) is 0. The normalized spacial score (nSPS) is 15.0. The second kappa shape index (κ2) is 7.40. The number of aliphatic hydroxyl groups is 1. The number of hydrogen-bond acceptors (Lipinski definition) is 4. The summed E-state index contributed by atoms with van der Waals surface area (Å²) in [5.74, 6) is -0.0873. The minimum absolute atomic E-state index is 0.149. The first-order valence-electron chi connectivity index (χ1n) is 8.22. The first kappa shape index (κ1) is 17.0. The highest BCUT2D eigenvalue weighted by molar-refractivity contribution is 7.13. The van der Waals surface area contributed by atoms with Gasteiger partial charge in [-0.05, 0) is 37.5 Å². The number of amides is 1. The van der Waals surface area contributed by atoms with Gasteiger partial charge in [-0.1, -0.05) is 18.9 Å². The Bertz CT molecular complexity index is 739. The Kier molecular flexibility index (Phi) is 5.26. The number of rotatable bonds is 5. The van der Waals surface area contributed by atoms with Crippen molar-refractivity contribution in [3.63, 3.8) is 0 Å². The van der Waals surface area contributed by atoms with E-state index in [1.54, 1.807) is 12.1 Å². The number of nitrogens with one attached hydrogen (secondary N) is 1. The maximum atomic E-state index is 13.4. The average Bonchev–Trinajstić information content (AvgIpc) is 3.23. The van der Waals surface area contributed by atoms with Crippen LogP contribution >= 0.6 is 11.3 Å². The molecule has 2 aromatic rings. The standard InChI is InChI=1S/C18H21FN2O2S/c1-11-16(24-18(21-11)13-4-2-3-5-13)17(23)20-9-12-6-7-15(19)14(8-12)10-22/h6-8,13,22H,2-5,9-10H2,1H3,(H,20,23). The van der Waals surface area contributed by atoms with E-state index in [0.717, 1.165) is 29.1 Å². The molecule has 128 valence electrons. The number of nitrogens with zero attached hydrogens (tertiary/aromatic N) is 1. The molecular weight excluding hydrogens is 327 g/mol. The van der Waals surface area contributed by atoms with Gasteiger partial charge >= 0.3 is 0 Å². The molecule has 1 aromatic carbocycles. The van der Waals surface area contributed by atoms with Crippen molar-refractivity contribution in [2.45, 2.75) is 51.7 Å². The fourth-order valence-electron chi connectivity index (χ4n) is 3.10. The van der Waals surface area contributed by atoms with E-state index in [2.05, 4.69) is 10.3 Å². The van der Waals surface area contributed by atoms with Gasteiger partial charge in [0.15, 0.2) is 0 Å². The molecule has 0 unspecified atom stereocenters. The number of aryl methyl sites for hydroxylation is 1. The molecule has 1 saturated carbocycles. The summed E-state index contributed by atoms with van der Waals surface area (Å²) in [5, 5.41) is 13.0. The zero-order chi connectivity index (χ0) is 17.1. The predicted octanol–water partition coefficient (Wildman–Crippen LogP) is 3.67. The summed E-state index contributed by atoms with van der Waals surface area (Å²) in [6.45, 7) is 1.81. The van der Waals surface area contributed by atoms with Crippen molar-refractivity contribution < 1.29 is 14.3 Å². The molecule has 0 radical (unpaired) electrons. The molecule has 1 aliphatic rings. The van der Waals surface area contributed by atoms with E-state index in [1.165, 1.54) is 30.2 Å². The lowest BCUT2D eigenvalue weighted by Crippen LogP contribution is -2.22. The molecule has 1 fully saturated rings. The molecule has 3 rings (SSSR count). The third-order valence-electron chi connectivity index (χ3n) is 4.46. The van der Waals surface area contributed by atoms with Crippen molar-refractivity contribution in [2.75, 3.05) is 0 Å². The molecule has 1 heterocycles. The smallest absolute Gasteiger partial charge is 0.263 e. The van der Waals surface area contributed by atoms with Gasteiger partial charge in [-0.15, -0.1) is 11.3 Å². The topological polar surface area (TPSA) is 62.2 Å². The third-order valence-corrected chi connectivity index (χ3v) is 5.78. The number of thiazole rings is 1. The monoisotopic (exact) mass is 348 g/mol. The molecule has 0 spiro atoms. The van der Waals surface area contributed by atoms with Gasteiger partial charge in [0.05, 0.1) is 17.3 Å². The summed E-state index contributed by atoms with van der Waals surface area (Å²) in [6.07, 6.45) is 4.80. The van der Waals surface area contributed by atoms with Gasteiger partial charge < -0.3 is 10.4 Å². The van der Waals surface area contributed by atoms with Crippen LogP contribution in [0.25, 0.3) is 0 Å². The minimum atomic E-state index is -0.438. The van der Waals surface area contributed by atoms with Crippen LogP contribution in [-0.2, 0) is 13.2 Å². The minimum Gasteiger partial charge on any atom is -0.392 e. The maximum absolute atomic E-state index is 13.4. The molecule has 1 amide bonds. The summed E-state index contributed by atoms with van der Waals surface area (Å²) in [6, 6.07) is 4.49. The largest absolute Gasteiger partial charge is 0.392 e.